The van der Waals surface area contributed by atoms with Crippen molar-refractivity contribution in [3.8, 4) is 0 Å². The molecule has 1 rings (SSSR count). The fourth-order valence-corrected chi connectivity index (χ4v) is 3.25. The molecule has 6 heteroatoms. The molecule has 1 fully saturated rings. The first-order chi connectivity index (χ1) is 7.90. The van der Waals surface area contributed by atoms with Gasteiger partial charge in [0, 0.05) is 25.4 Å². The Morgan fingerprint density at radius 3 is 2.41 bits per heavy atom. The van der Waals surface area contributed by atoms with Gasteiger partial charge in [-0.05, 0) is 19.3 Å². The van der Waals surface area contributed by atoms with Crippen molar-refractivity contribution in [2.75, 3.05) is 24.7 Å². The first-order valence-electron chi connectivity index (χ1n) is 6.00. The van der Waals surface area contributed by atoms with Gasteiger partial charge in [0.2, 0.25) is 0 Å². The fraction of sp³-hybridized carbons (Fsp3) is 0.909. The lowest BCUT2D eigenvalue weighted by Gasteiger charge is -2.31. The van der Waals surface area contributed by atoms with E-state index in [1.807, 2.05) is 6.92 Å². The molecule has 0 aromatic carbocycles. The maximum atomic E-state index is 11.9. The van der Waals surface area contributed by atoms with E-state index in [1.165, 1.54) is 0 Å². The van der Waals surface area contributed by atoms with Crippen molar-refractivity contribution in [3.05, 3.63) is 0 Å². The van der Waals surface area contributed by atoms with Crippen molar-refractivity contribution in [3.63, 3.8) is 0 Å². The number of ketones is 1. The zero-order valence-corrected chi connectivity index (χ0v) is 11.1. The largest absolute Gasteiger partial charge is 0.381 e. The molecule has 1 aliphatic heterocycles. The molecule has 0 saturated carbocycles. The minimum absolute atomic E-state index is 0.0266. The summed E-state index contributed by atoms with van der Waals surface area (Å²) in [5.41, 5.74) is 5.11. The lowest BCUT2D eigenvalue weighted by Crippen LogP contribution is -2.52. The molecule has 0 aromatic heterocycles. The van der Waals surface area contributed by atoms with Crippen LogP contribution in [-0.4, -0.2) is 44.5 Å². The average molecular weight is 263 g/mol. The summed E-state index contributed by atoms with van der Waals surface area (Å²) in [7, 11) is -3.10. The van der Waals surface area contributed by atoms with Gasteiger partial charge in [0.25, 0.3) is 0 Å². The summed E-state index contributed by atoms with van der Waals surface area (Å²) in [5, 5.41) is 0. The second-order valence-corrected chi connectivity index (χ2v) is 6.90. The number of sulfone groups is 1. The van der Waals surface area contributed by atoms with Crippen LogP contribution in [0.5, 0.6) is 0 Å². The Labute approximate surface area is 103 Å². The number of ether oxygens (including phenoxy) is 1. The predicted molar refractivity (Wildman–Crippen MR) is 65.5 cm³/mol. The van der Waals surface area contributed by atoms with Crippen LogP contribution in [0.3, 0.4) is 0 Å². The summed E-state index contributed by atoms with van der Waals surface area (Å²) in [6, 6.07) is 0. The molecular formula is C11H21NO4S. The number of rotatable bonds is 6. The Balaban J connectivity index is 2.49. The smallest absolute Gasteiger partial charge is 0.153 e. The highest BCUT2D eigenvalue weighted by Gasteiger charge is 2.35. The predicted octanol–water partition coefficient (Wildman–Crippen LogP) is 0.278. The van der Waals surface area contributed by atoms with Gasteiger partial charge in [-0.1, -0.05) is 6.92 Å². The maximum absolute atomic E-state index is 11.9. The van der Waals surface area contributed by atoms with E-state index in [4.69, 9.17) is 10.5 Å². The Hall–Kier alpha value is -0.460. The molecule has 0 spiro atoms. The molecule has 0 radical (unpaired) electrons. The van der Waals surface area contributed by atoms with Gasteiger partial charge in [-0.2, -0.15) is 0 Å². The third-order valence-electron chi connectivity index (χ3n) is 3.10. The zero-order chi connectivity index (χ0) is 12.9. The Morgan fingerprint density at radius 2 is 1.88 bits per heavy atom. The van der Waals surface area contributed by atoms with Crippen LogP contribution in [0.1, 0.15) is 32.6 Å². The maximum Gasteiger partial charge on any atom is 0.153 e. The van der Waals surface area contributed by atoms with Crippen molar-refractivity contribution in [2.45, 2.75) is 38.1 Å². The van der Waals surface area contributed by atoms with E-state index in [0.29, 0.717) is 32.5 Å². The lowest BCUT2D eigenvalue weighted by molar-refractivity contribution is -0.127. The summed E-state index contributed by atoms with van der Waals surface area (Å²) in [4.78, 5) is 11.9. The fourth-order valence-electron chi connectivity index (χ4n) is 1.92. The van der Waals surface area contributed by atoms with Crippen LogP contribution in [0, 0.1) is 0 Å². The van der Waals surface area contributed by atoms with Crippen molar-refractivity contribution in [2.24, 2.45) is 5.73 Å². The van der Waals surface area contributed by atoms with E-state index in [0.717, 1.165) is 0 Å². The van der Waals surface area contributed by atoms with Gasteiger partial charge in [-0.25, -0.2) is 8.42 Å². The number of carbonyl (C=O) groups is 1. The summed E-state index contributed by atoms with van der Waals surface area (Å²) in [6.45, 7) is 2.76. The molecule has 100 valence electrons. The van der Waals surface area contributed by atoms with Crippen LogP contribution in [-0.2, 0) is 19.4 Å². The van der Waals surface area contributed by atoms with Crippen LogP contribution >= 0.6 is 0 Å². The molecule has 0 bridgehead atoms. The molecule has 1 heterocycles. The van der Waals surface area contributed by atoms with E-state index in [9.17, 15) is 13.2 Å². The second-order valence-electron chi connectivity index (χ2n) is 4.59. The Kier molecular flexibility index (Phi) is 5.09. The summed E-state index contributed by atoms with van der Waals surface area (Å²) < 4.78 is 28.2. The summed E-state index contributed by atoms with van der Waals surface area (Å²) in [6.07, 6.45) is 1.58. The molecule has 0 amide bonds. The van der Waals surface area contributed by atoms with Crippen molar-refractivity contribution < 1.29 is 17.9 Å². The van der Waals surface area contributed by atoms with E-state index in [2.05, 4.69) is 0 Å². The van der Waals surface area contributed by atoms with E-state index >= 15 is 0 Å². The van der Waals surface area contributed by atoms with Crippen LogP contribution in [0.15, 0.2) is 0 Å². The van der Waals surface area contributed by atoms with Crippen molar-refractivity contribution >= 4 is 15.6 Å². The molecule has 0 aliphatic carbocycles. The van der Waals surface area contributed by atoms with Gasteiger partial charge in [0.1, 0.15) is 0 Å². The SMILES string of the molecule is CCCS(=O)(=O)CCC(=O)C1(N)CCOCC1. The third kappa shape index (κ3) is 4.37. The first kappa shape index (κ1) is 14.6. The number of hydrogen-bond acceptors (Lipinski definition) is 5. The van der Waals surface area contributed by atoms with Crippen LogP contribution in [0.2, 0.25) is 0 Å². The van der Waals surface area contributed by atoms with Gasteiger partial charge in [-0.3, -0.25) is 4.79 Å². The van der Waals surface area contributed by atoms with E-state index in [-0.39, 0.29) is 23.7 Å². The molecule has 5 nitrogen and oxygen atoms in total. The minimum Gasteiger partial charge on any atom is -0.381 e. The number of Topliss-reactive ketones (excluding diaryl/α,β-unsaturated/α-hetero) is 1. The van der Waals surface area contributed by atoms with Crippen LogP contribution in [0.4, 0.5) is 0 Å². The monoisotopic (exact) mass is 263 g/mol. The molecule has 2 N–H and O–H groups in total. The van der Waals surface area contributed by atoms with Crippen molar-refractivity contribution in [1.29, 1.82) is 0 Å². The lowest BCUT2D eigenvalue weighted by atomic mass is 9.86. The number of hydrogen-bond donors (Lipinski definition) is 1. The molecule has 0 aromatic rings. The van der Waals surface area contributed by atoms with Gasteiger partial charge < -0.3 is 10.5 Å². The van der Waals surface area contributed by atoms with Gasteiger partial charge >= 0.3 is 0 Å². The molecular weight excluding hydrogens is 242 g/mol. The Bertz CT molecular complexity index is 358. The molecule has 1 aliphatic rings. The van der Waals surface area contributed by atoms with Gasteiger partial charge in [-0.15, -0.1) is 0 Å². The highest BCUT2D eigenvalue weighted by molar-refractivity contribution is 7.91. The quantitative estimate of drug-likeness (QED) is 0.743. The zero-order valence-electron chi connectivity index (χ0n) is 10.3. The third-order valence-corrected chi connectivity index (χ3v) is 4.95. The topological polar surface area (TPSA) is 86.5 Å². The minimum atomic E-state index is -3.10. The van der Waals surface area contributed by atoms with E-state index in [1.54, 1.807) is 0 Å². The van der Waals surface area contributed by atoms with Crippen LogP contribution in [0.25, 0.3) is 0 Å². The van der Waals surface area contributed by atoms with Gasteiger partial charge in [0.15, 0.2) is 15.6 Å². The van der Waals surface area contributed by atoms with Gasteiger partial charge in [0.05, 0.1) is 11.3 Å². The normalized spacial score (nSPS) is 20.1. The second kappa shape index (κ2) is 5.93. The summed E-state index contributed by atoms with van der Waals surface area (Å²) >= 11 is 0. The molecule has 0 unspecified atom stereocenters. The number of carbonyl (C=O) groups excluding carboxylic acids is 1. The Morgan fingerprint density at radius 1 is 1.29 bits per heavy atom. The molecule has 0 atom stereocenters. The first-order valence-corrected chi connectivity index (χ1v) is 7.82. The van der Waals surface area contributed by atoms with Crippen LogP contribution < -0.4 is 5.73 Å². The summed E-state index contributed by atoms with van der Waals surface area (Å²) in [5.74, 6) is -0.0963. The standard InChI is InChI=1S/C11H21NO4S/c1-2-8-17(14,15)9-3-10(13)11(12)4-6-16-7-5-11/h2-9,12H2,1H3. The number of nitrogens with two attached hydrogens (primary N) is 1. The van der Waals surface area contributed by atoms with E-state index < -0.39 is 15.4 Å². The highest BCUT2D eigenvalue weighted by Crippen LogP contribution is 2.20. The highest BCUT2D eigenvalue weighted by atomic mass is 32.2. The molecule has 17 heavy (non-hydrogen) atoms. The average Bonchev–Trinajstić information content (AvgIpc) is 2.27. The molecule has 1 saturated heterocycles. The van der Waals surface area contributed by atoms with Crippen molar-refractivity contribution in [1.82, 2.24) is 0 Å².